The van der Waals surface area contributed by atoms with E-state index in [9.17, 15) is 9.36 Å². The van der Waals surface area contributed by atoms with Gasteiger partial charge >= 0.3 is 15.5 Å². The Kier molecular flexibility index (Phi) is 4.62. The van der Waals surface area contributed by atoms with Gasteiger partial charge in [-0.25, -0.2) is 0 Å². The van der Waals surface area contributed by atoms with Crippen molar-refractivity contribution in [2.75, 3.05) is 20.4 Å². The van der Waals surface area contributed by atoms with Crippen molar-refractivity contribution in [2.45, 2.75) is 0 Å². The molecule has 0 rings (SSSR count). The average molecular weight is 233 g/mol. The molecule has 0 heterocycles. The van der Waals surface area contributed by atoms with Crippen molar-refractivity contribution >= 4 is 21.1 Å². The summed E-state index contributed by atoms with van der Waals surface area (Å²) in [6.07, 6.45) is -1.04. The summed E-state index contributed by atoms with van der Waals surface area (Å²) in [5, 5.41) is 0. The van der Waals surface area contributed by atoms with Crippen molar-refractivity contribution in [2.24, 2.45) is 0 Å². The molecule has 0 amide bonds. The minimum Gasteiger partial charge on any atom is -0.306 e. The Balaban J connectivity index is 4.51. The standard InChI is InChI=1S/C4H11O7P2/c1-10-13(9,11-2)4(5)3-12(6,7)8/h6-8H,3H2,1-2H3/q+1. The lowest BCUT2D eigenvalue weighted by molar-refractivity contribution is -0.111. The molecule has 7 nitrogen and oxygen atoms in total. The molecule has 3 N–H and O–H groups in total. The van der Waals surface area contributed by atoms with Crippen LogP contribution in [0.3, 0.4) is 0 Å². The molecule has 9 heteroatoms. The maximum atomic E-state index is 11.2. The highest BCUT2D eigenvalue weighted by Crippen LogP contribution is 2.54. The third-order valence-corrected chi connectivity index (χ3v) is 3.82. The van der Waals surface area contributed by atoms with E-state index in [-0.39, 0.29) is 0 Å². The van der Waals surface area contributed by atoms with Crippen molar-refractivity contribution in [1.82, 2.24) is 0 Å². The largest absolute Gasteiger partial charge is 0.412 e. The lowest BCUT2D eigenvalue weighted by Crippen LogP contribution is -2.11. The van der Waals surface area contributed by atoms with E-state index in [2.05, 4.69) is 9.05 Å². The zero-order valence-electron chi connectivity index (χ0n) is 7.08. The van der Waals surface area contributed by atoms with E-state index >= 15 is 0 Å². The zero-order valence-corrected chi connectivity index (χ0v) is 8.87. The van der Waals surface area contributed by atoms with Crippen LogP contribution in [0.2, 0.25) is 0 Å². The molecule has 0 aromatic heterocycles. The molecule has 0 radical (unpaired) electrons. The number of hydrogen-bond acceptors (Lipinski definition) is 7. The fourth-order valence-corrected chi connectivity index (χ4v) is 2.73. The predicted molar refractivity (Wildman–Crippen MR) is 45.1 cm³/mol. The van der Waals surface area contributed by atoms with Crippen LogP contribution in [0.1, 0.15) is 0 Å². The molecule has 0 aliphatic carbocycles. The predicted octanol–water partition coefficient (Wildman–Crippen LogP) is -0.262. The number of carbonyl (C=O) groups is 1. The van der Waals surface area contributed by atoms with Crippen LogP contribution in [0, 0.1) is 0 Å². The summed E-state index contributed by atoms with van der Waals surface area (Å²) in [4.78, 5) is 36.5. The average Bonchev–Trinajstić information content (AvgIpc) is 2.00. The summed E-state index contributed by atoms with van der Waals surface area (Å²) >= 11 is 0. The Hall–Kier alpha value is 0.130. The van der Waals surface area contributed by atoms with Gasteiger partial charge in [-0.2, -0.15) is 14.7 Å². The molecule has 0 saturated heterocycles. The van der Waals surface area contributed by atoms with Crippen LogP contribution in [-0.2, 0) is 18.4 Å². The Labute approximate surface area is 75.4 Å². The maximum Gasteiger partial charge on any atom is 0.412 e. The van der Waals surface area contributed by atoms with E-state index in [0.29, 0.717) is 0 Å². The fraction of sp³-hybridized carbons (Fsp3) is 0.750. The van der Waals surface area contributed by atoms with Crippen molar-refractivity contribution < 1.29 is 33.1 Å². The molecular weight excluding hydrogens is 222 g/mol. The first-order valence-electron chi connectivity index (χ1n) is 3.06. The second kappa shape index (κ2) is 4.57. The van der Waals surface area contributed by atoms with E-state index in [1.165, 1.54) is 0 Å². The van der Waals surface area contributed by atoms with Gasteiger partial charge in [0.1, 0.15) is 0 Å². The monoisotopic (exact) mass is 233 g/mol. The minimum atomic E-state index is -4.28. The highest BCUT2D eigenvalue weighted by Gasteiger charge is 2.43. The van der Waals surface area contributed by atoms with Crippen molar-refractivity contribution in [3.8, 4) is 0 Å². The van der Waals surface area contributed by atoms with Gasteiger partial charge in [0.2, 0.25) is 6.16 Å². The SMILES string of the molecule is COP(=O)(OC)C(=O)C[P+](O)(O)O. The molecule has 0 fully saturated rings. The normalized spacial score (nSPS) is 13.0. The summed E-state index contributed by atoms with van der Waals surface area (Å²) in [5.41, 5.74) is -1.17. The highest BCUT2D eigenvalue weighted by atomic mass is 31.2. The molecule has 0 aliphatic rings. The zero-order chi connectivity index (χ0) is 10.7. The third kappa shape index (κ3) is 4.24. The van der Waals surface area contributed by atoms with Crippen LogP contribution < -0.4 is 0 Å². The molecule has 0 bridgehead atoms. The van der Waals surface area contributed by atoms with E-state index in [1.54, 1.807) is 0 Å². The molecule has 0 aromatic rings. The van der Waals surface area contributed by atoms with Crippen LogP contribution >= 0.6 is 15.5 Å². The maximum absolute atomic E-state index is 11.2. The lowest BCUT2D eigenvalue weighted by atomic mass is 10.9. The molecule has 0 unspecified atom stereocenters. The summed E-state index contributed by atoms with van der Waals surface area (Å²) in [7, 11) is -6.28. The van der Waals surface area contributed by atoms with E-state index in [0.717, 1.165) is 14.2 Å². The molecule has 0 aromatic carbocycles. The first-order valence-corrected chi connectivity index (χ1v) is 6.44. The van der Waals surface area contributed by atoms with Crippen LogP contribution in [-0.4, -0.2) is 40.6 Å². The quantitative estimate of drug-likeness (QED) is 0.560. The third-order valence-electron chi connectivity index (χ3n) is 1.13. The van der Waals surface area contributed by atoms with Gasteiger partial charge in [0.25, 0.3) is 5.52 Å². The van der Waals surface area contributed by atoms with Crippen LogP contribution in [0.25, 0.3) is 0 Å². The molecule has 13 heavy (non-hydrogen) atoms. The number of carbonyl (C=O) groups excluding carboxylic acids is 1. The van der Waals surface area contributed by atoms with Gasteiger partial charge in [-0.3, -0.25) is 9.36 Å². The Morgan fingerprint density at radius 1 is 1.31 bits per heavy atom. The van der Waals surface area contributed by atoms with Gasteiger partial charge < -0.3 is 9.05 Å². The van der Waals surface area contributed by atoms with Gasteiger partial charge in [-0.05, 0) is 0 Å². The second-order valence-electron chi connectivity index (χ2n) is 2.11. The summed E-state index contributed by atoms with van der Waals surface area (Å²) in [6, 6.07) is 0. The van der Waals surface area contributed by atoms with Crippen molar-refractivity contribution in [3.63, 3.8) is 0 Å². The molecule has 0 spiro atoms. The van der Waals surface area contributed by atoms with Gasteiger partial charge in [0, 0.05) is 14.2 Å². The van der Waals surface area contributed by atoms with Crippen LogP contribution in [0.15, 0.2) is 0 Å². The molecule has 0 atom stereocenters. The van der Waals surface area contributed by atoms with Gasteiger partial charge in [0.15, 0.2) is 0 Å². The Bertz CT molecular complexity index is 223. The van der Waals surface area contributed by atoms with Gasteiger partial charge in [0.05, 0.1) is 0 Å². The topological polar surface area (TPSA) is 113 Å². The minimum absolute atomic E-state index is 0.981. The van der Waals surface area contributed by atoms with E-state index < -0.39 is 27.2 Å². The van der Waals surface area contributed by atoms with E-state index in [1.807, 2.05) is 0 Å². The van der Waals surface area contributed by atoms with Gasteiger partial charge in [-0.15, -0.1) is 0 Å². The molecule has 0 saturated carbocycles. The Morgan fingerprint density at radius 2 is 1.69 bits per heavy atom. The first kappa shape index (κ1) is 13.1. The van der Waals surface area contributed by atoms with Crippen LogP contribution in [0.5, 0.6) is 0 Å². The van der Waals surface area contributed by atoms with Crippen LogP contribution in [0.4, 0.5) is 0 Å². The smallest absolute Gasteiger partial charge is 0.306 e. The molecule has 78 valence electrons. The van der Waals surface area contributed by atoms with Gasteiger partial charge in [-0.1, -0.05) is 0 Å². The lowest BCUT2D eigenvalue weighted by Gasteiger charge is -2.11. The summed E-state index contributed by atoms with van der Waals surface area (Å²) < 4.78 is 19.7. The number of rotatable bonds is 5. The fourth-order valence-electron chi connectivity index (χ4n) is 0.546. The van der Waals surface area contributed by atoms with E-state index in [4.69, 9.17) is 14.7 Å². The summed E-state index contributed by atoms with van der Waals surface area (Å²) in [6.45, 7) is 0. The Morgan fingerprint density at radius 3 is 1.92 bits per heavy atom. The number of hydrogen-bond donors (Lipinski definition) is 3. The molecule has 0 aliphatic heterocycles. The highest BCUT2D eigenvalue weighted by molar-refractivity contribution is 7.75. The van der Waals surface area contributed by atoms with Crippen molar-refractivity contribution in [1.29, 1.82) is 0 Å². The first-order chi connectivity index (χ1) is 5.75. The van der Waals surface area contributed by atoms with Crippen molar-refractivity contribution in [3.05, 3.63) is 0 Å². The molecular formula is C4H11O7P2+. The summed E-state index contributed by atoms with van der Waals surface area (Å²) in [5.74, 6) is 0. The second-order valence-corrected chi connectivity index (χ2v) is 6.03.